The predicted octanol–water partition coefficient (Wildman–Crippen LogP) is 2.68. The van der Waals surface area contributed by atoms with Gasteiger partial charge in [0.05, 0.1) is 37.7 Å². The van der Waals surface area contributed by atoms with Crippen LogP contribution in [0.25, 0.3) is 0 Å². The summed E-state index contributed by atoms with van der Waals surface area (Å²) in [6, 6.07) is 5.34. The molecule has 0 aliphatic carbocycles. The van der Waals surface area contributed by atoms with Gasteiger partial charge in [0.25, 0.3) is 0 Å². The number of guanidine groups is 1. The topological polar surface area (TPSA) is 78.2 Å². The molecule has 2 fully saturated rings. The highest BCUT2D eigenvalue weighted by Crippen LogP contribution is 2.25. The molecule has 33 heavy (non-hydrogen) atoms. The van der Waals surface area contributed by atoms with E-state index in [9.17, 15) is 9.50 Å². The largest absolute Gasteiger partial charge is 0.393 e. The molecule has 182 valence electrons. The zero-order valence-electron chi connectivity index (χ0n) is 19.3. The Hall–Kier alpha value is -1.92. The number of hydrogen-bond acceptors (Lipinski definition) is 5. The molecule has 4 rings (SSSR count). The number of halogens is 2. The summed E-state index contributed by atoms with van der Waals surface area (Å²) in [7, 11) is 1.90. The van der Waals surface area contributed by atoms with Crippen LogP contribution in [-0.2, 0) is 18.3 Å². The summed E-state index contributed by atoms with van der Waals surface area (Å²) in [5, 5.41) is 17.3. The van der Waals surface area contributed by atoms with Crippen LogP contribution in [0.4, 0.5) is 10.1 Å². The van der Waals surface area contributed by atoms with Gasteiger partial charge in [-0.05, 0) is 37.5 Å². The van der Waals surface area contributed by atoms with Gasteiger partial charge in [-0.2, -0.15) is 5.10 Å². The van der Waals surface area contributed by atoms with Crippen molar-refractivity contribution in [2.45, 2.75) is 38.5 Å². The number of aryl methyl sites for hydroxylation is 1. The minimum absolute atomic E-state index is 0. The number of aliphatic hydroxyl groups excluding tert-OH is 1. The van der Waals surface area contributed by atoms with E-state index in [1.54, 1.807) is 10.7 Å². The van der Waals surface area contributed by atoms with Crippen molar-refractivity contribution in [3.8, 4) is 0 Å². The van der Waals surface area contributed by atoms with E-state index >= 15 is 0 Å². The molecule has 1 aromatic heterocycles. The first kappa shape index (κ1) is 25.7. The lowest BCUT2D eigenvalue weighted by Crippen LogP contribution is -2.48. The number of anilines is 1. The molecule has 0 spiro atoms. The Morgan fingerprint density at radius 3 is 2.76 bits per heavy atom. The fourth-order valence-electron chi connectivity index (χ4n) is 4.25. The molecule has 0 saturated carbocycles. The molecule has 1 unspecified atom stereocenters. The van der Waals surface area contributed by atoms with Gasteiger partial charge >= 0.3 is 0 Å². The molecule has 0 amide bonds. The summed E-state index contributed by atoms with van der Waals surface area (Å²) in [6.07, 6.45) is 4.84. The van der Waals surface area contributed by atoms with E-state index in [0.29, 0.717) is 51.3 Å². The van der Waals surface area contributed by atoms with Gasteiger partial charge in [-0.15, -0.1) is 24.0 Å². The Morgan fingerprint density at radius 2 is 2.09 bits per heavy atom. The zero-order valence-corrected chi connectivity index (χ0v) is 21.6. The van der Waals surface area contributed by atoms with Gasteiger partial charge in [-0.1, -0.05) is 6.07 Å². The number of aliphatic imine (C=N–C) groups is 1. The summed E-state index contributed by atoms with van der Waals surface area (Å²) in [5.41, 5.74) is 2.48. The van der Waals surface area contributed by atoms with Crippen LogP contribution in [0, 0.1) is 5.82 Å². The van der Waals surface area contributed by atoms with Gasteiger partial charge in [-0.3, -0.25) is 4.68 Å². The number of aliphatic hydroxyl groups is 1. The van der Waals surface area contributed by atoms with E-state index in [-0.39, 0.29) is 42.0 Å². The van der Waals surface area contributed by atoms with Gasteiger partial charge in [0.1, 0.15) is 11.9 Å². The van der Waals surface area contributed by atoms with Crippen LogP contribution in [0.1, 0.15) is 37.0 Å². The normalized spacial score (nSPS) is 20.0. The van der Waals surface area contributed by atoms with Crippen molar-refractivity contribution in [3.63, 3.8) is 0 Å². The van der Waals surface area contributed by atoms with Crippen molar-refractivity contribution in [2.24, 2.45) is 12.0 Å². The van der Waals surface area contributed by atoms with Crippen LogP contribution in [0.2, 0.25) is 0 Å². The number of aromatic nitrogens is 2. The van der Waals surface area contributed by atoms with E-state index in [0.717, 1.165) is 30.2 Å². The molecule has 2 saturated heterocycles. The first-order valence-corrected chi connectivity index (χ1v) is 11.4. The Balaban J connectivity index is 0.00000306. The molecule has 0 radical (unpaired) electrons. The fourth-order valence-corrected chi connectivity index (χ4v) is 4.25. The number of piperidine rings is 1. The molecule has 3 heterocycles. The van der Waals surface area contributed by atoms with Crippen molar-refractivity contribution >= 4 is 35.6 Å². The van der Waals surface area contributed by atoms with Crippen LogP contribution in [0.3, 0.4) is 0 Å². The van der Waals surface area contributed by atoms with Crippen molar-refractivity contribution in [1.29, 1.82) is 0 Å². The number of ether oxygens (including phenoxy) is 1. The summed E-state index contributed by atoms with van der Waals surface area (Å²) in [5.74, 6) is 0.571. The first-order valence-electron chi connectivity index (χ1n) is 11.4. The fraction of sp³-hybridized carbons (Fsp3) is 0.565. The lowest BCUT2D eigenvalue weighted by molar-refractivity contribution is -0.00805. The van der Waals surface area contributed by atoms with E-state index in [2.05, 4.69) is 15.3 Å². The molecular weight excluding hydrogens is 538 g/mol. The summed E-state index contributed by atoms with van der Waals surface area (Å²) >= 11 is 0. The van der Waals surface area contributed by atoms with Crippen molar-refractivity contribution in [1.82, 2.24) is 20.0 Å². The van der Waals surface area contributed by atoms with E-state index in [4.69, 9.17) is 9.73 Å². The maximum Gasteiger partial charge on any atom is 0.194 e. The highest BCUT2D eigenvalue weighted by molar-refractivity contribution is 14.0. The minimum atomic E-state index is -0.273. The monoisotopic (exact) mass is 572 g/mol. The van der Waals surface area contributed by atoms with Crippen molar-refractivity contribution in [3.05, 3.63) is 47.5 Å². The second-order valence-electron chi connectivity index (χ2n) is 8.43. The second-order valence-corrected chi connectivity index (χ2v) is 8.43. The number of nitrogens with one attached hydrogen (secondary N) is 1. The number of benzene rings is 1. The van der Waals surface area contributed by atoms with E-state index in [1.165, 1.54) is 0 Å². The third-order valence-corrected chi connectivity index (χ3v) is 6.03. The predicted molar refractivity (Wildman–Crippen MR) is 138 cm³/mol. The van der Waals surface area contributed by atoms with Gasteiger partial charge in [0.2, 0.25) is 0 Å². The average molecular weight is 572 g/mol. The van der Waals surface area contributed by atoms with Crippen LogP contribution >= 0.6 is 24.0 Å². The number of hydrogen-bond donors (Lipinski definition) is 2. The highest BCUT2D eigenvalue weighted by atomic mass is 127. The quantitative estimate of drug-likeness (QED) is 0.326. The van der Waals surface area contributed by atoms with Crippen LogP contribution in [0.15, 0.2) is 35.6 Å². The SMILES string of the molecule is CCNC(=NCc1ccc(N2CCC(O)CC2)c(F)c1)N1CCOC(c2cnn(C)c2)C1.I. The molecule has 10 heteroatoms. The molecule has 2 aromatic rings. The molecule has 2 aliphatic heterocycles. The Bertz CT molecular complexity index is 931. The van der Waals surface area contributed by atoms with E-state index < -0.39 is 0 Å². The third kappa shape index (κ3) is 6.57. The summed E-state index contributed by atoms with van der Waals surface area (Å²) < 4.78 is 22.5. The lowest BCUT2D eigenvalue weighted by atomic mass is 10.1. The molecule has 0 bridgehead atoms. The standard InChI is InChI=1S/C23H33FN6O2.HI/c1-3-25-23(30-10-11-32-22(16-30)18-14-27-28(2)15-18)26-13-17-4-5-21(20(24)12-17)29-8-6-19(31)7-9-29;/h4-5,12,14-15,19,22,31H,3,6-11,13,16H2,1-2H3,(H,25,26);1H. The van der Waals surface area contributed by atoms with Crippen LogP contribution < -0.4 is 10.2 Å². The first-order chi connectivity index (χ1) is 15.5. The molecular formula is C23H34FIN6O2. The smallest absolute Gasteiger partial charge is 0.194 e. The Morgan fingerprint density at radius 1 is 1.30 bits per heavy atom. The number of nitrogens with zero attached hydrogens (tertiary/aromatic N) is 5. The maximum atomic E-state index is 14.8. The molecule has 2 aliphatic rings. The molecule has 1 atom stereocenters. The van der Waals surface area contributed by atoms with Crippen molar-refractivity contribution < 1.29 is 14.2 Å². The number of morpholine rings is 1. The lowest BCUT2D eigenvalue weighted by Gasteiger charge is -2.34. The maximum absolute atomic E-state index is 14.8. The third-order valence-electron chi connectivity index (χ3n) is 6.03. The number of rotatable bonds is 5. The highest BCUT2D eigenvalue weighted by Gasteiger charge is 2.25. The zero-order chi connectivity index (χ0) is 22.5. The van der Waals surface area contributed by atoms with E-state index in [1.807, 2.05) is 43.4 Å². The average Bonchev–Trinajstić information content (AvgIpc) is 3.24. The molecule has 8 nitrogen and oxygen atoms in total. The summed E-state index contributed by atoms with van der Waals surface area (Å²) in [4.78, 5) is 8.97. The molecule has 2 N–H and O–H groups in total. The second kappa shape index (κ2) is 12.0. The van der Waals surface area contributed by atoms with Crippen LogP contribution in [-0.4, -0.2) is 71.2 Å². The van der Waals surface area contributed by atoms with Gasteiger partial charge in [0.15, 0.2) is 5.96 Å². The van der Waals surface area contributed by atoms with Crippen molar-refractivity contribution in [2.75, 3.05) is 44.2 Å². The van der Waals surface area contributed by atoms with Gasteiger partial charge in [0, 0.05) is 45.0 Å². The van der Waals surface area contributed by atoms with Gasteiger partial charge in [-0.25, -0.2) is 9.38 Å². The Labute approximate surface area is 211 Å². The summed E-state index contributed by atoms with van der Waals surface area (Å²) in [6.45, 7) is 6.58. The van der Waals surface area contributed by atoms with Crippen LogP contribution in [0.5, 0.6) is 0 Å². The molecule has 1 aromatic carbocycles. The minimum Gasteiger partial charge on any atom is -0.393 e. The Kier molecular flexibility index (Phi) is 9.33. The van der Waals surface area contributed by atoms with Gasteiger partial charge < -0.3 is 25.0 Å².